The summed E-state index contributed by atoms with van der Waals surface area (Å²) in [6, 6.07) is 6.00. The van der Waals surface area contributed by atoms with Crippen LogP contribution in [-0.2, 0) is 30.4 Å². The Labute approximate surface area is 308 Å². The first-order valence-corrected chi connectivity index (χ1v) is 11.3. The number of nitrogens with zero attached hydrogens (tertiary/aromatic N) is 3. The van der Waals surface area contributed by atoms with Crippen LogP contribution in [-0.4, -0.2) is 125 Å². The van der Waals surface area contributed by atoms with Gasteiger partial charge in [0.15, 0.2) is 0 Å². The van der Waals surface area contributed by atoms with Gasteiger partial charge < -0.3 is 39.9 Å². The van der Waals surface area contributed by atoms with Gasteiger partial charge in [-0.15, -0.1) is 0 Å². The summed E-state index contributed by atoms with van der Waals surface area (Å²) in [7, 11) is 0. The molecule has 0 aliphatic carbocycles. The average Bonchev–Trinajstić information content (AvgIpc) is 2.76. The number of carbonyl (C=O) groups is 5. The molecule has 1 unspecified atom stereocenters. The topological polar surface area (TPSA) is 211 Å². The zero-order chi connectivity index (χ0) is 28.0. The number of hydrogen-bond acceptors (Lipinski definition) is 11. The van der Waals surface area contributed by atoms with Gasteiger partial charge in [-0.1, -0.05) is 12.1 Å². The van der Waals surface area contributed by atoms with Gasteiger partial charge in [0.2, 0.25) is 0 Å². The van der Waals surface area contributed by atoms with Crippen molar-refractivity contribution in [3.8, 4) is 5.75 Å². The SMILES string of the molecule is CCOc1ccc(CC(CN(CCN(CC(=O)[O-])CC(=O)O)CC(=O)O)N(CC(=O)[O-])CC(=O)O)cc1.[Gd+3].[Na+].[Na+]. The van der Waals surface area contributed by atoms with E-state index in [-0.39, 0.29) is 125 Å². The van der Waals surface area contributed by atoms with Crippen LogP contribution in [0.1, 0.15) is 12.5 Å². The Morgan fingerprint density at radius 2 is 1.25 bits per heavy atom. The molecule has 0 bridgehead atoms. The fourth-order valence-electron chi connectivity index (χ4n) is 3.72. The molecule has 14 nitrogen and oxygen atoms in total. The summed E-state index contributed by atoms with van der Waals surface area (Å²) in [5, 5.41) is 50.0. The van der Waals surface area contributed by atoms with Gasteiger partial charge in [0.25, 0.3) is 0 Å². The van der Waals surface area contributed by atoms with Crippen LogP contribution in [0.25, 0.3) is 0 Å². The Balaban J connectivity index is -0.00000456. The number of carbonyl (C=O) groups excluding carboxylic acids is 2. The number of benzene rings is 1. The standard InChI is InChI=1S/C23H33N3O11.Gd.2Na/c1-2-37-18-5-3-16(4-6-18)9-17(26(14-22(33)34)15-23(35)36)10-24(11-19(27)28)7-8-25(12-20(29)30)13-21(31)32;;;/h3-6,17H,2,7-15H2,1H3,(H,27,28)(H,29,30)(H,31,32)(H,33,34)(H,35,36);;;/q;+3;2*+1/p-2. The van der Waals surface area contributed by atoms with Crippen molar-refractivity contribution in [1.29, 1.82) is 0 Å². The summed E-state index contributed by atoms with van der Waals surface area (Å²) in [6.07, 6.45) is 0.140. The van der Waals surface area contributed by atoms with E-state index in [1.807, 2.05) is 6.92 Å². The van der Waals surface area contributed by atoms with Gasteiger partial charge in [-0.3, -0.25) is 29.1 Å². The zero-order valence-electron chi connectivity index (χ0n) is 22.8. The molecule has 0 fully saturated rings. The van der Waals surface area contributed by atoms with Gasteiger partial charge in [-0.2, -0.15) is 0 Å². The van der Waals surface area contributed by atoms with E-state index in [0.717, 1.165) is 9.80 Å². The van der Waals surface area contributed by atoms with Crippen molar-refractivity contribution < 1.29 is 153 Å². The van der Waals surface area contributed by atoms with Gasteiger partial charge in [-0.25, -0.2) is 0 Å². The Bertz CT molecular complexity index is 909. The van der Waals surface area contributed by atoms with Crippen LogP contribution in [0.5, 0.6) is 5.75 Å². The molecule has 1 aromatic carbocycles. The number of aliphatic carboxylic acids is 5. The minimum absolute atomic E-state index is 0. The molecule has 0 saturated carbocycles. The third kappa shape index (κ3) is 20.5. The molecular weight excluding hydrogens is 697 g/mol. The maximum atomic E-state index is 11.5. The fourth-order valence-corrected chi connectivity index (χ4v) is 3.72. The van der Waals surface area contributed by atoms with E-state index in [1.54, 1.807) is 24.3 Å². The molecule has 0 saturated heterocycles. The summed E-state index contributed by atoms with van der Waals surface area (Å²) in [5.74, 6) is -6.27. The summed E-state index contributed by atoms with van der Waals surface area (Å²) >= 11 is 0. The number of carboxylic acid groups (broad SMARTS) is 5. The number of ether oxygens (including phenoxy) is 1. The first-order valence-electron chi connectivity index (χ1n) is 11.3. The molecule has 0 spiro atoms. The first kappa shape index (κ1) is 44.0. The molecule has 3 N–H and O–H groups in total. The van der Waals surface area contributed by atoms with E-state index >= 15 is 0 Å². The van der Waals surface area contributed by atoms with Crippen LogP contribution in [0.3, 0.4) is 0 Å². The zero-order valence-corrected chi connectivity index (χ0v) is 29.0. The Hall–Kier alpha value is -0.425. The quantitative estimate of drug-likeness (QED) is 0.107. The molecule has 1 aromatic rings. The van der Waals surface area contributed by atoms with Crippen molar-refractivity contribution in [3.05, 3.63) is 29.8 Å². The average molecular weight is 729 g/mol. The Morgan fingerprint density at radius 3 is 1.70 bits per heavy atom. The van der Waals surface area contributed by atoms with Gasteiger partial charge >= 0.3 is 117 Å². The summed E-state index contributed by atoms with van der Waals surface area (Å²) in [4.78, 5) is 59.9. The molecule has 40 heavy (non-hydrogen) atoms. The summed E-state index contributed by atoms with van der Waals surface area (Å²) in [5.41, 5.74) is 0.696. The minimum Gasteiger partial charge on any atom is -0.549 e. The van der Waals surface area contributed by atoms with Crippen molar-refractivity contribution in [2.24, 2.45) is 0 Å². The van der Waals surface area contributed by atoms with Crippen LogP contribution < -0.4 is 74.1 Å². The molecule has 0 amide bonds. The van der Waals surface area contributed by atoms with Crippen molar-refractivity contribution in [2.45, 2.75) is 19.4 Å². The van der Waals surface area contributed by atoms with Crippen LogP contribution in [0.2, 0.25) is 0 Å². The maximum absolute atomic E-state index is 11.5. The second-order valence-electron chi connectivity index (χ2n) is 8.21. The van der Waals surface area contributed by atoms with Crippen molar-refractivity contribution in [3.63, 3.8) is 0 Å². The van der Waals surface area contributed by atoms with E-state index in [1.165, 1.54) is 4.90 Å². The minimum atomic E-state index is -1.52. The molecular formula is C23H31GdN3Na2O11+3. The monoisotopic (exact) mass is 729 g/mol. The van der Waals surface area contributed by atoms with Gasteiger partial charge in [-0.05, 0) is 31.0 Å². The predicted molar refractivity (Wildman–Crippen MR) is 122 cm³/mol. The van der Waals surface area contributed by atoms with Crippen LogP contribution in [0.4, 0.5) is 0 Å². The molecule has 0 aliphatic rings. The van der Waals surface area contributed by atoms with E-state index < -0.39 is 68.6 Å². The van der Waals surface area contributed by atoms with Crippen molar-refractivity contribution in [1.82, 2.24) is 14.7 Å². The first-order chi connectivity index (χ1) is 17.4. The van der Waals surface area contributed by atoms with Crippen LogP contribution >= 0.6 is 0 Å². The van der Waals surface area contributed by atoms with E-state index in [9.17, 15) is 44.4 Å². The molecule has 0 aromatic heterocycles. The van der Waals surface area contributed by atoms with Gasteiger partial charge in [0, 0.05) is 38.8 Å². The van der Waals surface area contributed by atoms with Crippen molar-refractivity contribution in [2.75, 3.05) is 59.0 Å². The summed E-state index contributed by atoms with van der Waals surface area (Å²) in [6.45, 7) is -1.36. The molecule has 1 rings (SSSR count). The molecule has 211 valence electrons. The number of rotatable bonds is 20. The van der Waals surface area contributed by atoms with Crippen LogP contribution in [0, 0.1) is 39.9 Å². The third-order valence-corrected chi connectivity index (χ3v) is 5.16. The predicted octanol–water partition coefficient (Wildman–Crippen LogP) is -9.34. The molecule has 0 aliphatic heterocycles. The number of hydrogen-bond donors (Lipinski definition) is 3. The molecule has 17 heteroatoms. The fraction of sp³-hybridized carbons (Fsp3) is 0.522. The van der Waals surface area contributed by atoms with E-state index in [0.29, 0.717) is 17.9 Å². The normalized spacial score (nSPS) is 11.1. The molecule has 1 atom stereocenters. The second kappa shape index (κ2) is 24.1. The van der Waals surface area contributed by atoms with E-state index in [2.05, 4.69) is 0 Å². The van der Waals surface area contributed by atoms with Gasteiger partial charge in [0.1, 0.15) is 5.75 Å². The molecule has 1 radical (unpaired) electrons. The third-order valence-electron chi connectivity index (χ3n) is 5.16. The Kier molecular flexibility index (Phi) is 26.5. The van der Waals surface area contributed by atoms with Gasteiger partial charge in [0.05, 0.1) is 38.2 Å². The summed E-state index contributed by atoms with van der Waals surface area (Å²) < 4.78 is 5.40. The largest absolute Gasteiger partial charge is 3.00 e. The molecule has 0 heterocycles. The maximum Gasteiger partial charge on any atom is 3.00 e. The number of carboxylic acids is 5. The smallest absolute Gasteiger partial charge is 0.549 e. The van der Waals surface area contributed by atoms with Crippen LogP contribution in [0.15, 0.2) is 24.3 Å². The second-order valence-corrected chi connectivity index (χ2v) is 8.21. The Morgan fingerprint density at radius 1 is 0.775 bits per heavy atom. The van der Waals surface area contributed by atoms with Crippen molar-refractivity contribution >= 4 is 29.8 Å². The van der Waals surface area contributed by atoms with E-state index in [4.69, 9.17) is 9.84 Å².